The Kier molecular flexibility index (Phi) is 6.41. The molecule has 6 heteroatoms. The van der Waals surface area contributed by atoms with Crippen molar-refractivity contribution in [1.29, 1.82) is 0 Å². The Morgan fingerprint density at radius 2 is 1.64 bits per heavy atom. The molecule has 0 saturated carbocycles. The van der Waals surface area contributed by atoms with Crippen molar-refractivity contribution in [2.75, 3.05) is 50.1 Å². The minimum absolute atomic E-state index is 0.0600. The summed E-state index contributed by atoms with van der Waals surface area (Å²) in [6.07, 6.45) is 0.260. The van der Waals surface area contributed by atoms with Crippen LogP contribution >= 0.6 is 0 Å². The van der Waals surface area contributed by atoms with Crippen molar-refractivity contribution < 1.29 is 14.0 Å². The van der Waals surface area contributed by atoms with E-state index < -0.39 is 0 Å². The summed E-state index contributed by atoms with van der Waals surface area (Å²) in [4.78, 5) is 31.3. The monoisotopic (exact) mass is 383 g/mol. The van der Waals surface area contributed by atoms with E-state index in [-0.39, 0.29) is 30.3 Å². The van der Waals surface area contributed by atoms with E-state index in [0.29, 0.717) is 12.1 Å². The van der Waals surface area contributed by atoms with Gasteiger partial charge in [0.15, 0.2) is 5.78 Å². The molecule has 28 heavy (non-hydrogen) atoms. The minimum Gasteiger partial charge on any atom is -0.367 e. The first kappa shape index (κ1) is 20.0. The van der Waals surface area contributed by atoms with Gasteiger partial charge in [0.1, 0.15) is 5.82 Å². The van der Waals surface area contributed by atoms with Gasteiger partial charge in [-0.05, 0) is 50.5 Å². The smallest absolute Gasteiger partial charge is 0.227 e. The second-order valence-corrected chi connectivity index (χ2v) is 7.25. The molecular formula is C22H26FN3O2. The molecule has 1 aliphatic heterocycles. The molecule has 2 aromatic rings. The fourth-order valence-electron chi connectivity index (χ4n) is 3.37. The Morgan fingerprint density at radius 1 is 0.964 bits per heavy atom. The number of carbonyl (C=O) groups excluding carboxylic acids is 2. The second kappa shape index (κ2) is 8.97. The number of halogens is 1. The first-order valence-corrected chi connectivity index (χ1v) is 9.53. The number of benzene rings is 2. The van der Waals surface area contributed by atoms with Crippen LogP contribution in [0.1, 0.15) is 23.2 Å². The molecule has 0 atom stereocenters. The molecule has 5 nitrogen and oxygen atoms in total. The van der Waals surface area contributed by atoms with Crippen LogP contribution in [-0.2, 0) is 4.79 Å². The van der Waals surface area contributed by atoms with Gasteiger partial charge in [0, 0.05) is 44.6 Å². The molecule has 0 radical (unpaired) electrons. The molecule has 0 bridgehead atoms. The van der Waals surface area contributed by atoms with Crippen LogP contribution in [0.4, 0.5) is 15.8 Å². The maximum absolute atomic E-state index is 13.0. The summed E-state index contributed by atoms with van der Waals surface area (Å²) in [5, 5.41) is 0. The molecule has 1 heterocycles. The highest BCUT2D eigenvalue weighted by atomic mass is 19.1. The van der Waals surface area contributed by atoms with Crippen molar-refractivity contribution in [2.24, 2.45) is 0 Å². The lowest BCUT2D eigenvalue weighted by Gasteiger charge is -2.38. The largest absolute Gasteiger partial charge is 0.367 e. The number of fused-ring (bicyclic) bond motifs is 1. The van der Waals surface area contributed by atoms with Crippen LogP contribution in [0.25, 0.3) is 0 Å². The Morgan fingerprint density at radius 3 is 2.32 bits per heavy atom. The molecule has 3 rings (SSSR count). The van der Waals surface area contributed by atoms with Gasteiger partial charge in [0.05, 0.1) is 11.4 Å². The molecule has 0 aliphatic carbocycles. The van der Waals surface area contributed by atoms with Gasteiger partial charge in [-0.3, -0.25) is 9.59 Å². The van der Waals surface area contributed by atoms with Crippen LogP contribution in [0.5, 0.6) is 0 Å². The number of hydrogen-bond acceptors (Lipinski definition) is 4. The lowest BCUT2D eigenvalue weighted by molar-refractivity contribution is -0.118. The average molecular weight is 383 g/mol. The number of para-hydroxylation sites is 2. The zero-order chi connectivity index (χ0) is 20.1. The summed E-state index contributed by atoms with van der Waals surface area (Å²) in [6.45, 7) is 3.21. The van der Waals surface area contributed by atoms with Gasteiger partial charge in [0.2, 0.25) is 5.91 Å². The number of ketones is 1. The van der Waals surface area contributed by atoms with Crippen LogP contribution in [-0.4, -0.2) is 56.9 Å². The van der Waals surface area contributed by atoms with Crippen molar-refractivity contribution >= 4 is 23.1 Å². The number of rotatable bonds is 7. The number of hydrogen-bond donors (Lipinski definition) is 0. The maximum atomic E-state index is 13.0. The third-order valence-electron chi connectivity index (χ3n) is 4.96. The normalized spacial score (nSPS) is 13.6. The number of likely N-dealkylation sites (N-methyl/N-ethyl adjacent to an activating group) is 1. The number of amides is 1. The Bertz CT molecular complexity index is 836. The summed E-state index contributed by atoms with van der Waals surface area (Å²) in [5.74, 6) is -0.585. The molecule has 0 aromatic heterocycles. The first-order chi connectivity index (χ1) is 13.5. The van der Waals surface area contributed by atoms with Crippen LogP contribution in [0, 0.1) is 5.82 Å². The van der Waals surface area contributed by atoms with E-state index >= 15 is 0 Å². The first-order valence-electron chi connectivity index (χ1n) is 9.53. The van der Waals surface area contributed by atoms with E-state index in [0.717, 1.165) is 31.0 Å². The highest BCUT2D eigenvalue weighted by Gasteiger charge is 2.26. The van der Waals surface area contributed by atoms with Crippen LogP contribution < -0.4 is 9.80 Å². The van der Waals surface area contributed by atoms with Crippen LogP contribution in [0.3, 0.4) is 0 Å². The summed E-state index contributed by atoms with van der Waals surface area (Å²) in [5.41, 5.74) is 2.38. The molecular weight excluding hydrogens is 357 g/mol. The van der Waals surface area contributed by atoms with Gasteiger partial charge in [-0.15, -0.1) is 0 Å². The second-order valence-electron chi connectivity index (χ2n) is 7.25. The SMILES string of the molecule is CN(C)CCN1CCN(C(=O)CCC(=O)c2ccc(F)cc2)c2ccccc21. The Balaban J connectivity index is 1.65. The van der Waals surface area contributed by atoms with Gasteiger partial charge in [-0.2, -0.15) is 0 Å². The lowest BCUT2D eigenvalue weighted by Crippen LogP contribution is -2.45. The van der Waals surface area contributed by atoms with Gasteiger partial charge in [-0.1, -0.05) is 12.1 Å². The summed E-state index contributed by atoms with van der Waals surface area (Å²) in [6, 6.07) is 13.3. The quantitative estimate of drug-likeness (QED) is 0.689. The van der Waals surface area contributed by atoms with Gasteiger partial charge in [0.25, 0.3) is 0 Å². The molecule has 148 valence electrons. The van der Waals surface area contributed by atoms with Crippen molar-refractivity contribution in [2.45, 2.75) is 12.8 Å². The van der Waals surface area contributed by atoms with Crippen molar-refractivity contribution in [3.8, 4) is 0 Å². The topological polar surface area (TPSA) is 43.9 Å². The number of anilines is 2. The third-order valence-corrected chi connectivity index (χ3v) is 4.96. The van der Waals surface area contributed by atoms with E-state index in [4.69, 9.17) is 0 Å². The van der Waals surface area contributed by atoms with Gasteiger partial charge < -0.3 is 14.7 Å². The summed E-state index contributed by atoms with van der Waals surface area (Å²) < 4.78 is 13.0. The van der Waals surface area contributed by atoms with Gasteiger partial charge >= 0.3 is 0 Å². The van der Waals surface area contributed by atoms with Crippen molar-refractivity contribution in [3.05, 3.63) is 59.9 Å². The fraction of sp³-hybridized carbons (Fsp3) is 0.364. The summed E-state index contributed by atoms with van der Waals surface area (Å²) >= 11 is 0. The van der Waals surface area contributed by atoms with E-state index in [1.807, 2.05) is 38.4 Å². The number of nitrogens with zero attached hydrogens (tertiary/aromatic N) is 3. The summed E-state index contributed by atoms with van der Waals surface area (Å²) in [7, 11) is 4.09. The van der Waals surface area contributed by atoms with E-state index in [1.54, 1.807) is 4.90 Å². The van der Waals surface area contributed by atoms with Crippen molar-refractivity contribution in [1.82, 2.24) is 4.90 Å². The predicted octanol–water partition coefficient (Wildman–Crippen LogP) is 3.20. The average Bonchev–Trinajstić information content (AvgIpc) is 2.70. The zero-order valence-electron chi connectivity index (χ0n) is 16.4. The van der Waals surface area contributed by atoms with E-state index in [2.05, 4.69) is 9.80 Å². The lowest BCUT2D eigenvalue weighted by atomic mass is 10.1. The van der Waals surface area contributed by atoms with Crippen molar-refractivity contribution in [3.63, 3.8) is 0 Å². The molecule has 2 aromatic carbocycles. The molecule has 0 spiro atoms. The maximum Gasteiger partial charge on any atom is 0.227 e. The molecule has 1 aliphatic rings. The fourth-order valence-corrected chi connectivity index (χ4v) is 3.37. The predicted molar refractivity (Wildman–Crippen MR) is 110 cm³/mol. The molecule has 0 saturated heterocycles. The molecule has 0 N–H and O–H groups in total. The highest BCUT2D eigenvalue weighted by Crippen LogP contribution is 2.33. The van der Waals surface area contributed by atoms with E-state index in [9.17, 15) is 14.0 Å². The molecule has 1 amide bonds. The van der Waals surface area contributed by atoms with Gasteiger partial charge in [-0.25, -0.2) is 4.39 Å². The zero-order valence-corrected chi connectivity index (χ0v) is 16.4. The number of Topliss-reactive ketones (excluding diaryl/α,β-unsaturated/α-hetero) is 1. The third kappa shape index (κ3) is 4.75. The Hall–Kier alpha value is -2.73. The Labute approximate surface area is 165 Å². The molecule has 0 unspecified atom stereocenters. The highest BCUT2D eigenvalue weighted by molar-refractivity contribution is 6.02. The minimum atomic E-state index is -0.378. The van der Waals surface area contributed by atoms with E-state index in [1.165, 1.54) is 24.3 Å². The standard InChI is InChI=1S/C22H26FN3O2/c1-24(2)13-14-25-15-16-26(20-6-4-3-5-19(20)25)22(28)12-11-21(27)17-7-9-18(23)10-8-17/h3-10H,11-16H2,1-2H3. The molecule has 0 fully saturated rings. The number of carbonyl (C=O) groups is 2. The van der Waals surface area contributed by atoms with Crippen LogP contribution in [0.2, 0.25) is 0 Å². The van der Waals surface area contributed by atoms with Crippen LogP contribution in [0.15, 0.2) is 48.5 Å².